The summed E-state index contributed by atoms with van der Waals surface area (Å²) in [5.41, 5.74) is -1.45. The molecule has 0 saturated heterocycles. The molecule has 1 aliphatic rings. The lowest BCUT2D eigenvalue weighted by Crippen LogP contribution is -2.50. The zero-order chi connectivity index (χ0) is 24.3. The molecule has 10 heteroatoms. The Morgan fingerprint density at radius 3 is 1.91 bits per heavy atom. The van der Waals surface area contributed by atoms with Crippen LogP contribution in [-0.4, -0.2) is 28.3 Å². The number of hydrogen-bond acceptors (Lipinski definition) is 4. The van der Waals surface area contributed by atoms with Crippen LogP contribution in [0.15, 0.2) is 104 Å². The van der Waals surface area contributed by atoms with E-state index < -0.39 is 28.3 Å². The predicted octanol–water partition coefficient (Wildman–Crippen LogP) is 1.21. The molecule has 0 radical (unpaired) electrons. The first kappa shape index (κ1) is 20.7. The molecule has 174 valence electrons. The van der Waals surface area contributed by atoms with Gasteiger partial charge in [0.25, 0.3) is 0 Å². The van der Waals surface area contributed by atoms with E-state index in [1.165, 1.54) is 14.0 Å². The van der Waals surface area contributed by atoms with E-state index >= 15 is 0 Å². The van der Waals surface area contributed by atoms with Crippen LogP contribution in [0.5, 0.6) is 0 Å². The number of nitrogens with one attached hydrogen (secondary N) is 1. The van der Waals surface area contributed by atoms with Crippen molar-refractivity contribution in [3.8, 4) is 17.1 Å². The molecular formula is C25H20N6O4. The minimum Gasteiger partial charge on any atom is -0.246 e. The second-order valence-corrected chi connectivity index (χ2v) is 8.60. The molecule has 0 amide bonds. The van der Waals surface area contributed by atoms with E-state index in [9.17, 15) is 19.2 Å². The summed E-state index contributed by atoms with van der Waals surface area (Å²) < 4.78 is 6.02. The maximum atomic E-state index is 13.5. The third-order valence-electron chi connectivity index (χ3n) is 6.51. The molecule has 10 nitrogen and oxygen atoms in total. The van der Waals surface area contributed by atoms with Crippen LogP contribution in [0, 0.1) is 0 Å². The first-order valence-electron chi connectivity index (χ1n) is 11.0. The quantitative estimate of drug-likeness (QED) is 0.429. The predicted molar refractivity (Wildman–Crippen MR) is 129 cm³/mol. The van der Waals surface area contributed by atoms with Crippen molar-refractivity contribution in [1.29, 1.82) is 0 Å². The summed E-state index contributed by atoms with van der Waals surface area (Å²) in [5, 5.41) is 2.67. The van der Waals surface area contributed by atoms with Crippen LogP contribution >= 0.6 is 0 Å². The molecule has 2 aromatic heterocycles. The molecule has 0 bridgehead atoms. The van der Waals surface area contributed by atoms with E-state index in [1.54, 1.807) is 91.9 Å². The highest BCUT2D eigenvalue weighted by Crippen LogP contribution is 2.33. The second-order valence-electron chi connectivity index (χ2n) is 8.60. The zero-order valence-corrected chi connectivity index (χ0v) is 18.7. The molecule has 6 rings (SSSR count). The molecule has 35 heavy (non-hydrogen) atoms. The number of fused-ring (bicyclic) bond motifs is 3. The summed E-state index contributed by atoms with van der Waals surface area (Å²) in [6, 6.07) is 24.3. The van der Waals surface area contributed by atoms with E-state index in [4.69, 9.17) is 0 Å². The molecule has 0 unspecified atom stereocenters. The fraction of sp³-hybridized carbons (Fsp3) is 0.120. The van der Waals surface area contributed by atoms with E-state index in [1.807, 2.05) is 0 Å². The van der Waals surface area contributed by atoms with Gasteiger partial charge in [0, 0.05) is 5.56 Å². The molecule has 3 aromatic carbocycles. The van der Waals surface area contributed by atoms with Crippen molar-refractivity contribution in [1.82, 2.24) is 28.3 Å². The maximum Gasteiger partial charge on any atom is 0.356 e. The van der Waals surface area contributed by atoms with Gasteiger partial charge in [-0.2, -0.15) is 4.68 Å². The van der Waals surface area contributed by atoms with Gasteiger partial charge in [-0.1, -0.05) is 54.6 Å². The van der Waals surface area contributed by atoms with Crippen molar-refractivity contribution < 1.29 is 0 Å². The van der Waals surface area contributed by atoms with Crippen molar-refractivity contribution in [2.75, 3.05) is 0 Å². The average molecular weight is 468 g/mol. The van der Waals surface area contributed by atoms with Crippen molar-refractivity contribution in [2.45, 2.75) is 19.0 Å². The Bertz CT molecular complexity index is 1820. The summed E-state index contributed by atoms with van der Waals surface area (Å²) >= 11 is 0. The number of rotatable bonds is 3. The Kier molecular flexibility index (Phi) is 4.34. The second kappa shape index (κ2) is 7.32. The summed E-state index contributed by atoms with van der Waals surface area (Å²) in [7, 11) is 0. The molecule has 0 saturated carbocycles. The normalized spacial score (nSPS) is 16.6. The van der Waals surface area contributed by atoms with Gasteiger partial charge in [0.15, 0.2) is 0 Å². The summed E-state index contributed by atoms with van der Waals surface area (Å²) in [6.07, 6.45) is 0. The molecule has 1 aliphatic heterocycles. The number of benzene rings is 3. The highest BCUT2D eigenvalue weighted by Gasteiger charge is 2.41. The van der Waals surface area contributed by atoms with Crippen LogP contribution in [0.3, 0.4) is 0 Å². The van der Waals surface area contributed by atoms with Crippen molar-refractivity contribution in [3.05, 3.63) is 132 Å². The van der Waals surface area contributed by atoms with Gasteiger partial charge in [-0.05, 0) is 37.3 Å². The van der Waals surface area contributed by atoms with Gasteiger partial charge in [-0.25, -0.2) is 42.8 Å². The Morgan fingerprint density at radius 2 is 1.26 bits per heavy atom. The van der Waals surface area contributed by atoms with Crippen molar-refractivity contribution in [3.63, 3.8) is 0 Å². The van der Waals surface area contributed by atoms with Gasteiger partial charge < -0.3 is 0 Å². The topological polar surface area (TPSA) is 109 Å². The number of hydrogen-bond donors (Lipinski definition) is 1. The van der Waals surface area contributed by atoms with Gasteiger partial charge in [-0.3, -0.25) is 0 Å². The largest absolute Gasteiger partial charge is 0.356 e. The molecule has 1 atom stereocenters. The molecule has 0 spiro atoms. The molecule has 3 heterocycles. The van der Waals surface area contributed by atoms with Gasteiger partial charge in [0.1, 0.15) is 5.54 Å². The lowest BCUT2D eigenvalue weighted by molar-refractivity contribution is 0.248. The highest BCUT2D eigenvalue weighted by atomic mass is 16.2. The zero-order valence-electron chi connectivity index (χ0n) is 18.7. The molecule has 0 aliphatic carbocycles. The number of para-hydroxylation sites is 3. The Balaban J connectivity index is 1.63. The fourth-order valence-corrected chi connectivity index (χ4v) is 4.85. The summed E-state index contributed by atoms with van der Waals surface area (Å²) in [6.45, 7) is 1.71. The number of aromatic amines is 1. The monoisotopic (exact) mass is 468 g/mol. The Morgan fingerprint density at radius 1 is 0.686 bits per heavy atom. The van der Waals surface area contributed by atoms with Crippen LogP contribution in [0.25, 0.3) is 17.1 Å². The minimum absolute atomic E-state index is 0.0490. The smallest absolute Gasteiger partial charge is 0.246 e. The van der Waals surface area contributed by atoms with E-state index in [0.29, 0.717) is 22.6 Å². The van der Waals surface area contributed by atoms with Crippen LogP contribution < -0.4 is 22.8 Å². The lowest BCUT2D eigenvalue weighted by atomic mass is 9.89. The third-order valence-corrected chi connectivity index (χ3v) is 6.51. The highest BCUT2D eigenvalue weighted by molar-refractivity contribution is 5.47. The van der Waals surface area contributed by atoms with Crippen molar-refractivity contribution in [2.24, 2.45) is 0 Å². The molecular weight excluding hydrogens is 448 g/mol. The Labute approximate surface area is 197 Å². The SMILES string of the molecule is C[C@]1(n2[nH]c(=O)n(-c3ccccc3)c2=O)Cn2c(=O)n(-c3ccccc3)c(=O)n2-c2ccccc21. The lowest BCUT2D eigenvalue weighted by Gasteiger charge is -2.36. The number of aromatic nitrogens is 6. The van der Waals surface area contributed by atoms with E-state index in [2.05, 4.69) is 5.10 Å². The van der Waals surface area contributed by atoms with E-state index in [-0.39, 0.29) is 6.54 Å². The number of nitrogens with zero attached hydrogens (tertiary/aromatic N) is 5. The molecule has 1 N–H and O–H groups in total. The van der Waals surface area contributed by atoms with Crippen LogP contribution in [0.4, 0.5) is 0 Å². The molecule has 0 fully saturated rings. The first-order chi connectivity index (χ1) is 16.9. The fourth-order valence-electron chi connectivity index (χ4n) is 4.85. The van der Waals surface area contributed by atoms with Crippen LogP contribution in [-0.2, 0) is 12.1 Å². The van der Waals surface area contributed by atoms with Gasteiger partial charge in [-0.15, -0.1) is 0 Å². The minimum atomic E-state index is -1.16. The Hall–Kier alpha value is -4.86. The summed E-state index contributed by atoms with van der Waals surface area (Å²) in [5.74, 6) is 0. The van der Waals surface area contributed by atoms with Crippen LogP contribution in [0.2, 0.25) is 0 Å². The molecule has 5 aromatic rings. The first-order valence-corrected chi connectivity index (χ1v) is 11.0. The summed E-state index contributed by atoms with van der Waals surface area (Å²) in [4.78, 5) is 53.3. The van der Waals surface area contributed by atoms with Crippen LogP contribution in [0.1, 0.15) is 12.5 Å². The number of H-pyrrole nitrogens is 1. The van der Waals surface area contributed by atoms with E-state index in [0.717, 1.165) is 9.13 Å². The average Bonchev–Trinajstić information content (AvgIpc) is 3.32. The van der Waals surface area contributed by atoms with Crippen molar-refractivity contribution >= 4 is 0 Å². The van der Waals surface area contributed by atoms with Gasteiger partial charge in [0.05, 0.1) is 23.6 Å². The van der Waals surface area contributed by atoms with Gasteiger partial charge in [0.2, 0.25) is 0 Å². The van der Waals surface area contributed by atoms with Gasteiger partial charge >= 0.3 is 22.8 Å². The third kappa shape index (κ3) is 2.83. The standard InChI is InChI=1S/C25H20N6O4/c1-25(31-24(35)28(21(32)26-31)17-10-4-2-5-11-17)16-27-22(33)29(18-12-6-3-7-13-18)23(34)30(27)20-15-9-8-14-19(20)25/h2-15H,16H2,1H3,(H,26,32)/t25-/m0/s1. The maximum absolute atomic E-state index is 13.5.